The molecular weight excluding hydrogens is 288 g/mol. The lowest BCUT2D eigenvalue weighted by Gasteiger charge is -2.16. The number of hydrogen-bond acceptors (Lipinski definition) is 3. The molecule has 4 heteroatoms. The molecule has 0 bridgehead atoms. The lowest BCUT2D eigenvalue weighted by molar-refractivity contribution is -0.143. The second-order valence-corrected chi connectivity index (χ2v) is 5.19. The minimum Gasteiger partial charge on any atom is -0.492 e. The number of esters is 1. The molecule has 0 radical (unpaired) electrons. The molecule has 1 unspecified atom stereocenters. The summed E-state index contributed by atoms with van der Waals surface area (Å²) in [5, 5.41) is 0.644. The summed E-state index contributed by atoms with van der Waals surface area (Å²) in [5.74, 6) is -0.0977. The number of ether oxygens (including phenoxy) is 2. The molecule has 0 spiro atoms. The Morgan fingerprint density at radius 1 is 1.10 bits per heavy atom. The first-order valence-corrected chi connectivity index (χ1v) is 7.00. The predicted molar refractivity (Wildman–Crippen MR) is 82.9 cm³/mol. The molecule has 2 aromatic carbocycles. The standard InChI is InChI=1S/C17H17ClO3/c1-12-3-5-13(6-4-12)16(17(19)20-2)11-21-15-9-7-14(18)8-10-15/h3-10,16H,11H2,1-2H3. The van der Waals surface area contributed by atoms with Crippen LogP contribution in [0.5, 0.6) is 5.75 Å². The number of carbonyl (C=O) groups excluding carboxylic acids is 1. The first-order chi connectivity index (χ1) is 10.1. The zero-order valence-corrected chi connectivity index (χ0v) is 12.8. The summed E-state index contributed by atoms with van der Waals surface area (Å²) in [5.41, 5.74) is 2.02. The van der Waals surface area contributed by atoms with Gasteiger partial charge >= 0.3 is 5.97 Å². The van der Waals surface area contributed by atoms with Crippen molar-refractivity contribution in [2.45, 2.75) is 12.8 Å². The second-order valence-electron chi connectivity index (χ2n) is 4.75. The van der Waals surface area contributed by atoms with Crippen LogP contribution in [0.3, 0.4) is 0 Å². The van der Waals surface area contributed by atoms with E-state index in [0.717, 1.165) is 11.1 Å². The van der Waals surface area contributed by atoms with E-state index >= 15 is 0 Å². The van der Waals surface area contributed by atoms with Crippen LogP contribution in [0.1, 0.15) is 17.0 Å². The van der Waals surface area contributed by atoms with E-state index in [1.807, 2.05) is 31.2 Å². The van der Waals surface area contributed by atoms with Crippen LogP contribution in [0.2, 0.25) is 5.02 Å². The van der Waals surface area contributed by atoms with Gasteiger partial charge in [-0.2, -0.15) is 0 Å². The number of carbonyl (C=O) groups is 1. The van der Waals surface area contributed by atoms with Gasteiger partial charge < -0.3 is 9.47 Å². The van der Waals surface area contributed by atoms with Crippen LogP contribution in [0, 0.1) is 6.92 Å². The van der Waals surface area contributed by atoms with Crippen molar-refractivity contribution < 1.29 is 14.3 Å². The summed E-state index contributed by atoms with van der Waals surface area (Å²) in [7, 11) is 1.38. The highest BCUT2D eigenvalue weighted by Crippen LogP contribution is 2.21. The minimum absolute atomic E-state index is 0.220. The topological polar surface area (TPSA) is 35.5 Å². The van der Waals surface area contributed by atoms with E-state index in [1.54, 1.807) is 24.3 Å². The molecule has 0 aliphatic rings. The lowest BCUT2D eigenvalue weighted by Crippen LogP contribution is -2.21. The first-order valence-electron chi connectivity index (χ1n) is 6.63. The third-order valence-corrected chi connectivity index (χ3v) is 3.45. The molecule has 1 atom stereocenters. The van der Waals surface area contributed by atoms with Gasteiger partial charge in [0.05, 0.1) is 7.11 Å². The van der Waals surface area contributed by atoms with Crippen molar-refractivity contribution in [3.05, 3.63) is 64.7 Å². The van der Waals surface area contributed by atoms with E-state index in [9.17, 15) is 4.79 Å². The fraction of sp³-hybridized carbons (Fsp3) is 0.235. The predicted octanol–water partition coefficient (Wildman–Crippen LogP) is 3.98. The second kappa shape index (κ2) is 7.14. The number of halogens is 1. The number of methoxy groups -OCH3 is 1. The summed E-state index contributed by atoms with van der Waals surface area (Å²) in [6.45, 7) is 2.22. The fourth-order valence-electron chi connectivity index (χ4n) is 1.95. The van der Waals surface area contributed by atoms with Gasteiger partial charge in [0.25, 0.3) is 0 Å². The molecule has 0 N–H and O–H groups in total. The van der Waals surface area contributed by atoms with E-state index in [2.05, 4.69) is 0 Å². The maximum Gasteiger partial charge on any atom is 0.316 e. The summed E-state index contributed by atoms with van der Waals surface area (Å²) >= 11 is 5.83. The van der Waals surface area contributed by atoms with E-state index in [0.29, 0.717) is 10.8 Å². The Kier molecular flexibility index (Phi) is 5.23. The Morgan fingerprint density at radius 2 is 1.71 bits per heavy atom. The molecule has 110 valence electrons. The van der Waals surface area contributed by atoms with Crippen molar-refractivity contribution in [3.63, 3.8) is 0 Å². The highest BCUT2D eigenvalue weighted by Gasteiger charge is 2.22. The van der Waals surface area contributed by atoms with E-state index in [4.69, 9.17) is 21.1 Å². The molecule has 0 aliphatic carbocycles. The molecule has 0 saturated heterocycles. The Morgan fingerprint density at radius 3 is 2.29 bits per heavy atom. The Balaban J connectivity index is 2.11. The average molecular weight is 305 g/mol. The van der Waals surface area contributed by atoms with Gasteiger partial charge in [0, 0.05) is 5.02 Å². The van der Waals surface area contributed by atoms with Crippen LogP contribution in [0.25, 0.3) is 0 Å². The van der Waals surface area contributed by atoms with Crippen LogP contribution in [-0.4, -0.2) is 19.7 Å². The SMILES string of the molecule is COC(=O)C(COc1ccc(Cl)cc1)c1ccc(C)cc1. The number of aryl methyl sites for hydroxylation is 1. The van der Waals surface area contributed by atoms with Gasteiger partial charge in [-0.05, 0) is 36.8 Å². The van der Waals surface area contributed by atoms with Gasteiger partial charge in [0.15, 0.2) is 0 Å². The Labute approximate surface area is 129 Å². The maximum atomic E-state index is 11.9. The largest absolute Gasteiger partial charge is 0.492 e. The summed E-state index contributed by atoms with van der Waals surface area (Å²) < 4.78 is 10.5. The minimum atomic E-state index is -0.453. The molecule has 0 saturated carbocycles. The average Bonchev–Trinajstić information content (AvgIpc) is 2.50. The molecule has 0 amide bonds. The zero-order valence-electron chi connectivity index (χ0n) is 12.0. The highest BCUT2D eigenvalue weighted by molar-refractivity contribution is 6.30. The molecule has 0 heterocycles. The van der Waals surface area contributed by atoms with E-state index in [1.165, 1.54) is 7.11 Å². The van der Waals surface area contributed by atoms with Gasteiger partial charge in [-0.3, -0.25) is 4.79 Å². The van der Waals surface area contributed by atoms with Gasteiger partial charge in [0.1, 0.15) is 18.3 Å². The van der Waals surface area contributed by atoms with Crippen LogP contribution in [0.15, 0.2) is 48.5 Å². The van der Waals surface area contributed by atoms with E-state index in [-0.39, 0.29) is 12.6 Å². The molecule has 0 aliphatic heterocycles. The zero-order chi connectivity index (χ0) is 15.2. The van der Waals surface area contributed by atoms with Crippen molar-refractivity contribution >= 4 is 17.6 Å². The third kappa shape index (κ3) is 4.23. The van der Waals surface area contributed by atoms with Crippen LogP contribution in [-0.2, 0) is 9.53 Å². The number of benzene rings is 2. The van der Waals surface area contributed by atoms with Crippen molar-refractivity contribution in [1.29, 1.82) is 0 Å². The molecule has 3 nitrogen and oxygen atoms in total. The molecule has 21 heavy (non-hydrogen) atoms. The highest BCUT2D eigenvalue weighted by atomic mass is 35.5. The van der Waals surface area contributed by atoms with Gasteiger partial charge in [-0.15, -0.1) is 0 Å². The van der Waals surface area contributed by atoms with Crippen LogP contribution < -0.4 is 4.74 Å². The maximum absolute atomic E-state index is 11.9. The van der Waals surface area contributed by atoms with Gasteiger partial charge in [0.2, 0.25) is 0 Å². The first kappa shape index (κ1) is 15.4. The fourth-order valence-corrected chi connectivity index (χ4v) is 2.08. The van der Waals surface area contributed by atoms with Gasteiger partial charge in [-0.1, -0.05) is 41.4 Å². The van der Waals surface area contributed by atoms with Crippen molar-refractivity contribution in [3.8, 4) is 5.75 Å². The van der Waals surface area contributed by atoms with Crippen molar-refractivity contribution in [2.75, 3.05) is 13.7 Å². The molecule has 2 aromatic rings. The number of rotatable bonds is 5. The monoisotopic (exact) mass is 304 g/mol. The molecule has 2 rings (SSSR count). The normalized spacial score (nSPS) is 11.8. The summed E-state index contributed by atoms with van der Waals surface area (Å²) in [4.78, 5) is 11.9. The summed E-state index contributed by atoms with van der Waals surface area (Å²) in [6.07, 6.45) is 0. The van der Waals surface area contributed by atoms with Gasteiger partial charge in [-0.25, -0.2) is 0 Å². The Bertz CT molecular complexity index is 590. The van der Waals surface area contributed by atoms with Crippen molar-refractivity contribution in [1.82, 2.24) is 0 Å². The molecule has 0 fully saturated rings. The smallest absolute Gasteiger partial charge is 0.316 e. The summed E-state index contributed by atoms with van der Waals surface area (Å²) in [6, 6.07) is 14.8. The third-order valence-electron chi connectivity index (χ3n) is 3.20. The quantitative estimate of drug-likeness (QED) is 0.784. The van der Waals surface area contributed by atoms with Crippen molar-refractivity contribution in [2.24, 2.45) is 0 Å². The lowest BCUT2D eigenvalue weighted by atomic mass is 9.99. The number of hydrogen-bond donors (Lipinski definition) is 0. The Hall–Kier alpha value is -2.00. The molecular formula is C17H17ClO3. The molecule has 0 aromatic heterocycles. The van der Waals surface area contributed by atoms with Crippen LogP contribution in [0.4, 0.5) is 0 Å². The van der Waals surface area contributed by atoms with E-state index < -0.39 is 5.92 Å². The van der Waals surface area contributed by atoms with Crippen LogP contribution >= 0.6 is 11.6 Å².